The first kappa shape index (κ1) is 21.4. The number of nitrogens with one attached hydrogen (secondary N) is 2. The summed E-state index contributed by atoms with van der Waals surface area (Å²) in [7, 11) is 3.51. The number of fused-ring (bicyclic) bond motifs is 2. The van der Waals surface area contributed by atoms with Gasteiger partial charge in [0, 0.05) is 71.8 Å². The van der Waals surface area contributed by atoms with Gasteiger partial charge < -0.3 is 18.9 Å². The Morgan fingerprint density at radius 2 is 2.00 bits per heavy atom. The summed E-state index contributed by atoms with van der Waals surface area (Å²) in [5, 5.41) is 0.689. The number of halogens is 3. The lowest BCUT2D eigenvalue weighted by molar-refractivity contribution is 0.442. The van der Waals surface area contributed by atoms with Crippen LogP contribution in [0.3, 0.4) is 0 Å². The average molecular weight is 514 g/mol. The topological polar surface area (TPSA) is 76.9 Å². The minimum absolute atomic E-state index is 0.135. The van der Waals surface area contributed by atoms with E-state index in [4.69, 9.17) is 4.74 Å². The van der Waals surface area contributed by atoms with Gasteiger partial charge >= 0.3 is 0 Å². The Balaban J connectivity index is 1.89. The third kappa shape index (κ3) is 3.51. The van der Waals surface area contributed by atoms with Gasteiger partial charge in [0.2, 0.25) is 0 Å². The second-order valence-corrected chi connectivity index (χ2v) is 8.24. The number of hydrogen-bond acceptors (Lipinski definition) is 4. The number of aromatic nitrogens is 4. The van der Waals surface area contributed by atoms with E-state index in [2.05, 4.69) is 30.5 Å². The Morgan fingerprint density at radius 1 is 1.18 bits per heavy atom. The fourth-order valence-corrected chi connectivity index (χ4v) is 4.33. The summed E-state index contributed by atoms with van der Waals surface area (Å²) in [6, 6.07) is 6.91. The Bertz CT molecular complexity index is 1590. The van der Waals surface area contributed by atoms with Crippen LogP contribution < -0.4 is 14.6 Å². The molecule has 0 fully saturated rings. The van der Waals surface area contributed by atoms with Gasteiger partial charge in [-0.05, 0) is 29.8 Å². The molecule has 0 amide bonds. The summed E-state index contributed by atoms with van der Waals surface area (Å²) in [6.07, 6.45) is 5.05. The highest BCUT2D eigenvalue weighted by Gasteiger charge is 2.24. The number of benzene rings is 2. The van der Waals surface area contributed by atoms with E-state index in [1.807, 2.05) is 23.7 Å². The van der Waals surface area contributed by atoms with E-state index in [1.54, 1.807) is 25.8 Å². The monoisotopic (exact) mass is 513 g/mol. The van der Waals surface area contributed by atoms with Crippen LogP contribution in [-0.4, -0.2) is 19.1 Å². The van der Waals surface area contributed by atoms with Crippen molar-refractivity contribution < 1.29 is 13.5 Å². The van der Waals surface area contributed by atoms with E-state index in [0.717, 1.165) is 23.2 Å². The number of H-pyrrole nitrogens is 1. The van der Waals surface area contributed by atoms with Crippen LogP contribution in [0.25, 0.3) is 33.1 Å². The van der Waals surface area contributed by atoms with Gasteiger partial charge in [-0.25, -0.2) is 13.8 Å². The second kappa shape index (κ2) is 8.13. The SMILES string of the molecule is Cn1cc(-c2c(CNBr)cc3c(ncn3C)c2Oc2ccc(F)cc2F)c2cc[nH]c2c1=O. The molecule has 3 heterocycles. The average Bonchev–Trinajstić information content (AvgIpc) is 3.41. The number of rotatable bonds is 5. The van der Waals surface area contributed by atoms with Gasteiger partial charge in [0.05, 0.1) is 11.8 Å². The highest BCUT2D eigenvalue weighted by atomic mass is 79.9. The number of aromatic amines is 1. The van der Waals surface area contributed by atoms with Crippen LogP contribution in [-0.2, 0) is 20.6 Å². The predicted molar refractivity (Wildman–Crippen MR) is 125 cm³/mol. The maximum atomic E-state index is 14.6. The van der Waals surface area contributed by atoms with E-state index in [9.17, 15) is 13.6 Å². The number of aryl methyl sites for hydroxylation is 2. The molecule has 5 aromatic rings. The maximum Gasteiger partial charge on any atom is 0.274 e. The summed E-state index contributed by atoms with van der Waals surface area (Å²) in [5.41, 5.74) is 3.70. The first-order chi connectivity index (χ1) is 15.9. The van der Waals surface area contributed by atoms with E-state index >= 15 is 0 Å². The lowest BCUT2D eigenvalue weighted by Crippen LogP contribution is -2.17. The molecule has 0 spiro atoms. The van der Waals surface area contributed by atoms with Crippen molar-refractivity contribution >= 4 is 38.1 Å². The highest BCUT2D eigenvalue weighted by molar-refractivity contribution is 9.08. The van der Waals surface area contributed by atoms with E-state index in [0.29, 0.717) is 39.8 Å². The van der Waals surface area contributed by atoms with E-state index in [1.165, 1.54) is 10.6 Å². The fourth-order valence-electron chi connectivity index (χ4n) is 4.03. The molecule has 2 aromatic carbocycles. The molecular weight excluding hydrogens is 496 g/mol. The first-order valence-corrected chi connectivity index (χ1v) is 10.8. The largest absolute Gasteiger partial charge is 0.451 e. The van der Waals surface area contributed by atoms with Gasteiger partial charge in [0.1, 0.15) is 16.9 Å². The predicted octanol–water partition coefficient (Wildman–Crippen LogP) is 4.89. The number of hydrogen-bond donors (Lipinski definition) is 2. The number of pyridine rings is 1. The minimum Gasteiger partial charge on any atom is -0.451 e. The quantitative estimate of drug-likeness (QED) is 0.328. The molecule has 0 aliphatic rings. The van der Waals surface area contributed by atoms with E-state index in [-0.39, 0.29) is 11.3 Å². The van der Waals surface area contributed by atoms with Gasteiger partial charge in [-0.15, -0.1) is 0 Å². The van der Waals surface area contributed by atoms with E-state index < -0.39 is 11.6 Å². The van der Waals surface area contributed by atoms with Crippen molar-refractivity contribution in [3.63, 3.8) is 0 Å². The van der Waals surface area contributed by atoms with Crippen LogP contribution in [0.15, 0.2) is 53.8 Å². The molecule has 10 heteroatoms. The van der Waals surface area contributed by atoms with Crippen LogP contribution >= 0.6 is 16.1 Å². The van der Waals surface area contributed by atoms with Crippen LogP contribution in [0.4, 0.5) is 8.78 Å². The highest BCUT2D eigenvalue weighted by Crippen LogP contribution is 2.44. The normalized spacial score (nSPS) is 11.5. The molecule has 0 atom stereocenters. The van der Waals surface area contributed by atoms with Crippen molar-refractivity contribution in [1.29, 1.82) is 0 Å². The zero-order valence-electron chi connectivity index (χ0n) is 17.6. The van der Waals surface area contributed by atoms with Gasteiger partial charge in [0.25, 0.3) is 5.56 Å². The lowest BCUT2D eigenvalue weighted by atomic mass is 9.96. The lowest BCUT2D eigenvalue weighted by Gasteiger charge is -2.18. The smallest absolute Gasteiger partial charge is 0.274 e. The van der Waals surface area contributed by atoms with Crippen LogP contribution in [0.2, 0.25) is 0 Å². The zero-order valence-corrected chi connectivity index (χ0v) is 19.2. The molecule has 0 radical (unpaired) electrons. The van der Waals surface area contributed by atoms with Gasteiger partial charge in [-0.2, -0.15) is 0 Å². The molecule has 0 saturated heterocycles. The van der Waals surface area contributed by atoms with Gasteiger partial charge in [-0.3, -0.25) is 9.14 Å². The maximum absolute atomic E-state index is 14.6. The molecule has 0 aliphatic carbocycles. The molecule has 3 aromatic heterocycles. The Morgan fingerprint density at radius 3 is 2.76 bits per heavy atom. The fraction of sp³-hybridized carbons (Fsp3) is 0.130. The summed E-state index contributed by atoms with van der Waals surface area (Å²) in [5.74, 6) is -1.37. The minimum atomic E-state index is -0.832. The number of ether oxygens (including phenoxy) is 1. The summed E-state index contributed by atoms with van der Waals surface area (Å²) in [6.45, 7) is 0.396. The Labute approximate surface area is 195 Å². The van der Waals surface area contributed by atoms with Crippen molar-refractivity contribution in [2.75, 3.05) is 0 Å². The summed E-state index contributed by atoms with van der Waals surface area (Å²) >= 11 is 3.27. The standard InChI is InChI=1S/C23H18BrF2N5O2/c1-30-10-15(14-5-6-27-20(14)23(30)32)19-12(9-29-24)7-17-21(28-11-31(17)2)22(19)33-18-4-3-13(25)8-16(18)26/h3-8,10-11,27,29H,9H2,1-2H3. The zero-order chi connectivity index (χ0) is 23.3. The molecule has 5 rings (SSSR count). The van der Waals surface area contributed by atoms with Gasteiger partial charge in [-0.1, -0.05) is 0 Å². The Hall–Kier alpha value is -3.50. The van der Waals surface area contributed by atoms with Crippen molar-refractivity contribution in [3.05, 3.63) is 76.6 Å². The van der Waals surface area contributed by atoms with Crippen LogP contribution in [0.5, 0.6) is 11.5 Å². The Kier molecular flexibility index (Phi) is 5.26. The van der Waals surface area contributed by atoms with Crippen LogP contribution in [0, 0.1) is 11.6 Å². The molecule has 2 N–H and O–H groups in total. The molecular formula is C23H18BrF2N5O2. The van der Waals surface area contributed by atoms with Crippen molar-refractivity contribution in [2.45, 2.75) is 6.54 Å². The number of imidazole rings is 1. The number of nitrogens with zero attached hydrogens (tertiary/aromatic N) is 3. The molecule has 0 aliphatic heterocycles. The third-order valence-corrected chi connectivity index (χ3v) is 5.86. The third-order valence-electron chi connectivity index (χ3n) is 5.58. The summed E-state index contributed by atoms with van der Waals surface area (Å²) in [4.78, 5) is 20.1. The molecule has 168 valence electrons. The van der Waals surface area contributed by atoms with Crippen molar-refractivity contribution in [1.82, 2.24) is 23.4 Å². The van der Waals surface area contributed by atoms with Crippen molar-refractivity contribution in [2.24, 2.45) is 14.1 Å². The molecule has 0 unspecified atom stereocenters. The molecule has 7 nitrogen and oxygen atoms in total. The molecule has 33 heavy (non-hydrogen) atoms. The van der Waals surface area contributed by atoms with Crippen molar-refractivity contribution in [3.8, 4) is 22.6 Å². The first-order valence-electron chi connectivity index (χ1n) is 9.99. The summed E-state index contributed by atoms with van der Waals surface area (Å²) < 4.78 is 40.5. The van der Waals surface area contributed by atoms with Crippen LogP contribution in [0.1, 0.15) is 5.56 Å². The molecule has 0 bridgehead atoms. The molecule has 0 saturated carbocycles. The van der Waals surface area contributed by atoms with Gasteiger partial charge in [0.15, 0.2) is 17.3 Å². The second-order valence-electron chi connectivity index (χ2n) is 7.68.